The molecule has 0 unspecified atom stereocenters. The number of amides is 8. The molecule has 0 aliphatic carbocycles. The van der Waals surface area contributed by atoms with Crippen molar-refractivity contribution in [1.29, 1.82) is 16.2 Å². The molecule has 7 aromatic rings. The highest BCUT2D eigenvalue weighted by Crippen LogP contribution is 2.22. The molecule has 97 heavy (non-hydrogen) atoms. The summed E-state index contributed by atoms with van der Waals surface area (Å²) in [5.41, 5.74) is 26.9. The van der Waals surface area contributed by atoms with Crippen LogP contribution in [-0.4, -0.2) is 181 Å². The zero-order chi connectivity index (χ0) is 69.8. The number of aliphatic carboxylic acids is 1. The summed E-state index contributed by atoms with van der Waals surface area (Å²) in [4.78, 5) is 148. The number of para-hydroxylation sites is 2. The Kier molecular flexibility index (Phi) is 27.4. The monoisotopic (exact) mass is 1340 g/mol. The molecule has 7 rings (SSSR count). The molecule has 0 saturated carbocycles. The van der Waals surface area contributed by atoms with Gasteiger partial charge >= 0.3 is 5.97 Å². The molecule has 27 N–H and O–H groups in total. The Morgan fingerprint density at radius 2 is 0.814 bits per heavy atom. The van der Waals surface area contributed by atoms with Gasteiger partial charge in [-0.3, -0.25) is 54.6 Å². The number of benzene rings is 3. The zero-order valence-electron chi connectivity index (χ0n) is 53.0. The first-order valence-corrected chi connectivity index (χ1v) is 31.3. The van der Waals surface area contributed by atoms with E-state index in [9.17, 15) is 33.9 Å². The molecule has 8 amide bonds. The summed E-state index contributed by atoms with van der Waals surface area (Å²) in [6, 6.07) is 11.7. The van der Waals surface area contributed by atoms with E-state index in [1.54, 1.807) is 85.2 Å². The summed E-state index contributed by atoms with van der Waals surface area (Å²) in [6.45, 7) is -0.403. The van der Waals surface area contributed by atoms with Gasteiger partial charge in [0.15, 0.2) is 17.9 Å². The third-order valence-corrected chi connectivity index (χ3v) is 15.6. The molecule has 3 aromatic carbocycles. The number of hydrogen-bond acceptors (Lipinski definition) is 15. The molecule has 0 bridgehead atoms. The molecule has 0 spiro atoms. The minimum atomic E-state index is -1.54. The van der Waals surface area contributed by atoms with Crippen LogP contribution in [0.1, 0.15) is 66.6 Å². The number of H-pyrrole nitrogens is 4. The van der Waals surface area contributed by atoms with Crippen LogP contribution in [0.5, 0.6) is 0 Å². The van der Waals surface area contributed by atoms with Crippen LogP contribution in [0.25, 0.3) is 21.8 Å². The second-order valence-electron chi connectivity index (χ2n) is 23.0. The van der Waals surface area contributed by atoms with Gasteiger partial charge in [0.1, 0.15) is 42.3 Å². The average molecular weight is 1340 g/mol. The van der Waals surface area contributed by atoms with Gasteiger partial charge in [-0.1, -0.05) is 66.7 Å². The molecule has 4 aromatic heterocycles. The number of carboxylic acid groups (broad SMARTS) is 1. The van der Waals surface area contributed by atoms with E-state index in [0.717, 1.165) is 0 Å². The van der Waals surface area contributed by atoms with Crippen LogP contribution >= 0.6 is 0 Å². The van der Waals surface area contributed by atoms with Crippen molar-refractivity contribution in [3.05, 3.63) is 144 Å². The Bertz CT molecular complexity index is 3820. The normalized spacial score (nSPS) is 13.5. The number of nitrogens with two attached hydrogens (primary N) is 4. The van der Waals surface area contributed by atoms with Crippen LogP contribution in [0.3, 0.4) is 0 Å². The lowest BCUT2D eigenvalue weighted by Gasteiger charge is -2.28. The summed E-state index contributed by atoms with van der Waals surface area (Å²) < 4.78 is 0. The minimum absolute atomic E-state index is 0.0393. The lowest BCUT2D eigenvalue weighted by Crippen LogP contribution is -2.61. The number of nitrogens with one attached hydrogen (secondary N) is 18. The van der Waals surface area contributed by atoms with Gasteiger partial charge in [0.2, 0.25) is 47.3 Å². The molecule has 4 heterocycles. The SMILES string of the molecule is N=C(N)NCCC[C@H](NC(=O)[C@H](Cc1c[nH]c2ccccc12)NC(=O)[C@H](Cc1c[nH]c2ccccc12)NC(=O)[C@H](CCCNC(=N)N)NC(=O)[C@H](CCCNC(=N)N)NC(=O)[C@H](Cc1cnc[nH]1)NC(=O)CNC(=O)[C@@H](N)Cc1cnc[nH]1)C(=O)N[C@@H](Cc1ccccc1)C(=O)O. The third kappa shape index (κ3) is 23.3. The van der Waals surface area contributed by atoms with E-state index in [1.807, 2.05) is 6.07 Å². The highest BCUT2D eigenvalue weighted by Gasteiger charge is 2.36. The van der Waals surface area contributed by atoms with Crippen molar-refractivity contribution in [2.24, 2.45) is 22.9 Å². The third-order valence-electron chi connectivity index (χ3n) is 15.6. The van der Waals surface area contributed by atoms with Gasteiger partial charge < -0.3 is 106 Å². The topological polar surface area (TPSA) is 571 Å². The van der Waals surface area contributed by atoms with Crippen LogP contribution in [0.4, 0.5) is 0 Å². The fourth-order valence-corrected chi connectivity index (χ4v) is 10.6. The number of rotatable bonds is 39. The summed E-state index contributed by atoms with van der Waals surface area (Å²) in [6.07, 6.45) is 8.37. The van der Waals surface area contributed by atoms with Crippen LogP contribution in [-0.2, 0) is 75.3 Å². The van der Waals surface area contributed by atoms with Crippen molar-refractivity contribution in [1.82, 2.24) is 88.4 Å². The predicted octanol–water partition coefficient (Wildman–Crippen LogP) is -2.68. The fraction of sp³-hybridized carbons (Fsp3) is 0.365. The maximum atomic E-state index is 15.4. The van der Waals surface area contributed by atoms with Crippen molar-refractivity contribution in [2.75, 3.05) is 26.2 Å². The Morgan fingerprint density at radius 3 is 1.23 bits per heavy atom. The number of aromatic amines is 4. The first kappa shape index (κ1) is 72.6. The Morgan fingerprint density at radius 1 is 0.433 bits per heavy atom. The number of fused-ring (bicyclic) bond motifs is 2. The summed E-state index contributed by atoms with van der Waals surface area (Å²) in [7, 11) is 0. The second-order valence-corrected chi connectivity index (χ2v) is 23.0. The molecule has 8 atom stereocenters. The first-order valence-electron chi connectivity index (χ1n) is 31.3. The van der Waals surface area contributed by atoms with Gasteiger partial charge in [-0.25, -0.2) is 14.8 Å². The molecule has 516 valence electrons. The van der Waals surface area contributed by atoms with Gasteiger partial charge in [-0.2, -0.15) is 0 Å². The number of nitrogens with zero attached hydrogens (tertiary/aromatic N) is 2. The molecule has 34 nitrogen and oxygen atoms in total. The van der Waals surface area contributed by atoms with Crippen LogP contribution < -0.4 is 81.4 Å². The smallest absolute Gasteiger partial charge is 0.326 e. The molecule has 0 aliphatic rings. The van der Waals surface area contributed by atoms with Crippen molar-refractivity contribution in [3.63, 3.8) is 0 Å². The highest BCUT2D eigenvalue weighted by molar-refractivity contribution is 5.99. The summed E-state index contributed by atoms with van der Waals surface area (Å²) in [5, 5.41) is 64.2. The van der Waals surface area contributed by atoms with Crippen LogP contribution in [0, 0.1) is 16.2 Å². The second kappa shape index (κ2) is 36.6. The number of hydrogen-bond donors (Lipinski definition) is 23. The molecule has 0 saturated heterocycles. The van der Waals surface area contributed by atoms with E-state index in [4.69, 9.17) is 39.2 Å². The van der Waals surface area contributed by atoms with E-state index < -0.39 is 108 Å². The number of aromatic nitrogens is 6. The molecule has 0 aliphatic heterocycles. The molecular weight excluding hydrogens is 1250 g/mol. The lowest BCUT2D eigenvalue weighted by atomic mass is 10.00. The maximum absolute atomic E-state index is 15.4. The van der Waals surface area contributed by atoms with Gasteiger partial charge in [-0.05, 0) is 67.3 Å². The van der Waals surface area contributed by atoms with Crippen LogP contribution in [0.2, 0.25) is 0 Å². The molecular formula is C63H84N24O10. The number of imidazole rings is 2. The van der Waals surface area contributed by atoms with Crippen molar-refractivity contribution < 1.29 is 48.3 Å². The van der Waals surface area contributed by atoms with Crippen molar-refractivity contribution in [3.8, 4) is 0 Å². The van der Waals surface area contributed by atoms with Crippen LogP contribution in [0.15, 0.2) is 116 Å². The van der Waals surface area contributed by atoms with Gasteiger partial charge in [0.05, 0.1) is 25.2 Å². The number of carbonyl (C=O) groups excluding carboxylic acids is 8. The number of guanidine groups is 3. The minimum Gasteiger partial charge on any atom is -0.480 e. The first-order chi connectivity index (χ1) is 46.6. The highest BCUT2D eigenvalue weighted by atomic mass is 16.4. The Balaban J connectivity index is 1.18. The summed E-state index contributed by atoms with van der Waals surface area (Å²) in [5.74, 6) is -9.23. The van der Waals surface area contributed by atoms with E-state index >= 15 is 14.4 Å². The number of carboxylic acids is 1. The van der Waals surface area contributed by atoms with Gasteiger partial charge in [0, 0.05) is 110 Å². The standard InChI is InChI=1S/C63H84N24O10/c64-42(26-38-30-71-33-79-38)53(89)78-32-52(88)81-50(27-39-31-72-34-80-39)59(95)84-45(17-8-20-73-61(65)66)54(90)82-46(18-9-21-74-62(67)68)55(91)85-49(25-37-29-77-44-16-7-5-14-41(37)44)58(94)86-48(24-36-28-76-43-15-6-4-13-40(36)43)57(93)83-47(19-10-22-75-63(69)70)56(92)87-51(60(96)97)23-35-11-2-1-3-12-35/h1-7,11-16,28-31,33-34,42,45-51,76-77H,8-10,17-27,32,64H2,(H,71,79)(H,72,80)(H,78,89)(H,81,88)(H,82,90)(H,83,93)(H,84,95)(H,85,91)(H,86,94)(H,87,92)(H,96,97)(H4,65,66,73)(H4,67,68,74)(H4,69,70,75)/t42-,45-,46-,47-,48-,49-,50-,51-/m0/s1. The van der Waals surface area contributed by atoms with Gasteiger partial charge in [0.25, 0.3) is 0 Å². The Labute approximate surface area is 556 Å². The molecule has 34 heteroatoms. The van der Waals surface area contributed by atoms with E-state index in [-0.39, 0.29) is 108 Å². The van der Waals surface area contributed by atoms with E-state index in [2.05, 4.69) is 88.4 Å². The largest absolute Gasteiger partial charge is 0.480 e. The van der Waals surface area contributed by atoms with Crippen molar-refractivity contribution >= 4 is 92.9 Å². The predicted molar refractivity (Wildman–Crippen MR) is 358 cm³/mol. The van der Waals surface area contributed by atoms with Crippen molar-refractivity contribution in [2.45, 2.75) is 119 Å². The quantitative estimate of drug-likeness (QED) is 0.0106. The Hall–Kier alpha value is -11.8. The zero-order valence-corrected chi connectivity index (χ0v) is 53.0. The molecule has 0 fully saturated rings. The molecule has 0 radical (unpaired) electrons. The fourth-order valence-electron chi connectivity index (χ4n) is 10.6. The lowest BCUT2D eigenvalue weighted by molar-refractivity contribution is -0.142. The number of carbonyl (C=O) groups is 9. The summed E-state index contributed by atoms with van der Waals surface area (Å²) >= 11 is 0. The van der Waals surface area contributed by atoms with Gasteiger partial charge in [-0.15, -0.1) is 0 Å². The van der Waals surface area contributed by atoms with E-state index in [0.29, 0.717) is 49.9 Å². The van der Waals surface area contributed by atoms with E-state index in [1.165, 1.54) is 25.0 Å². The maximum Gasteiger partial charge on any atom is 0.326 e. The average Bonchev–Trinajstić information content (AvgIpc) is 1.88.